The molecule has 0 aliphatic heterocycles. The maximum absolute atomic E-state index is 5.39. The Balaban J connectivity index is 2.12. The van der Waals surface area contributed by atoms with E-state index in [4.69, 9.17) is 18.0 Å². The molecule has 0 heterocycles. The summed E-state index contributed by atoms with van der Waals surface area (Å²) in [6.45, 7) is 7.10. The van der Waals surface area contributed by atoms with Crippen molar-refractivity contribution in [1.82, 2.24) is 5.43 Å². The lowest BCUT2D eigenvalue weighted by atomic mass is 9.63. The van der Waals surface area contributed by atoms with Gasteiger partial charge in [0.25, 0.3) is 0 Å². The minimum atomic E-state index is 0.234. The molecule has 0 radical (unpaired) electrons. The molecule has 106 valence electrons. The van der Waals surface area contributed by atoms with Crippen molar-refractivity contribution in [1.29, 1.82) is 0 Å². The van der Waals surface area contributed by atoms with Crippen LogP contribution in [0, 0.1) is 17.3 Å². The number of nitrogens with zero attached hydrogens (tertiary/aromatic N) is 1. The minimum absolute atomic E-state index is 0.234. The summed E-state index contributed by atoms with van der Waals surface area (Å²) in [5.41, 5.74) is 11.8. The first kappa shape index (κ1) is 14.5. The molecule has 3 nitrogen and oxygen atoms in total. The molecule has 0 bridgehead atoms. The van der Waals surface area contributed by atoms with Crippen LogP contribution in [0.4, 0.5) is 0 Å². The Kier molecular flexibility index (Phi) is 4.29. The van der Waals surface area contributed by atoms with Gasteiger partial charge in [0.05, 0.1) is 0 Å². The predicted molar refractivity (Wildman–Crippen MR) is 85.0 cm³/mol. The molecule has 0 unspecified atom stereocenters. The van der Waals surface area contributed by atoms with Crippen molar-refractivity contribution < 1.29 is 0 Å². The Labute approximate surface area is 121 Å². The molecule has 0 amide bonds. The largest absolute Gasteiger partial charge is 0.375 e. The van der Waals surface area contributed by atoms with Gasteiger partial charge in [-0.3, -0.25) is 5.43 Å². The van der Waals surface area contributed by atoms with Crippen LogP contribution in [0.2, 0.25) is 0 Å². The normalized spacial score (nSPS) is 30.3. The SMILES string of the molecule is C[C@H]1CC2=C(C[C@H]1/C=N\NC(N)=S)C(C)(C)CCC2. The van der Waals surface area contributed by atoms with Crippen LogP contribution in [-0.4, -0.2) is 11.3 Å². The van der Waals surface area contributed by atoms with Gasteiger partial charge < -0.3 is 5.73 Å². The summed E-state index contributed by atoms with van der Waals surface area (Å²) in [5, 5.41) is 4.40. The van der Waals surface area contributed by atoms with Gasteiger partial charge in [0.2, 0.25) is 0 Å². The number of thiocarbonyl (C=S) groups is 1. The smallest absolute Gasteiger partial charge is 0.184 e. The molecular formula is C15H25N3S. The van der Waals surface area contributed by atoms with Crippen LogP contribution in [0.15, 0.2) is 16.2 Å². The quantitative estimate of drug-likeness (QED) is 0.353. The number of nitrogens with two attached hydrogens (primary N) is 1. The highest BCUT2D eigenvalue weighted by Crippen LogP contribution is 2.48. The molecule has 4 heteroatoms. The Morgan fingerprint density at radius 3 is 2.89 bits per heavy atom. The van der Waals surface area contributed by atoms with Gasteiger partial charge in [-0.25, -0.2) is 0 Å². The number of rotatable bonds is 2. The zero-order valence-corrected chi connectivity index (χ0v) is 13.0. The van der Waals surface area contributed by atoms with Crippen molar-refractivity contribution in [3.63, 3.8) is 0 Å². The number of allylic oxidation sites excluding steroid dienone is 2. The predicted octanol–water partition coefficient (Wildman–Crippen LogP) is 3.36. The molecule has 19 heavy (non-hydrogen) atoms. The summed E-state index contributed by atoms with van der Waals surface area (Å²) in [6.07, 6.45) is 8.33. The minimum Gasteiger partial charge on any atom is -0.375 e. The summed E-state index contributed by atoms with van der Waals surface area (Å²) in [6, 6.07) is 0. The van der Waals surface area contributed by atoms with Gasteiger partial charge in [-0.15, -0.1) is 0 Å². The van der Waals surface area contributed by atoms with E-state index in [0.29, 0.717) is 17.3 Å². The molecule has 2 atom stereocenters. The lowest BCUT2D eigenvalue weighted by Gasteiger charge is -2.42. The lowest BCUT2D eigenvalue weighted by molar-refractivity contribution is 0.295. The van der Waals surface area contributed by atoms with E-state index >= 15 is 0 Å². The zero-order chi connectivity index (χ0) is 14.0. The maximum atomic E-state index is 5.39. The second kappa shape index (κ2) is 5.61. The van der Waals surface area contributed by atoms with Crippen molar-refractivity contribution in [3.05, 3.63) is 11.1 Å². The molecule has 0 fully saturated rings. The topological polar surface area (TPSA) is 50.4 Å². The number of hydrogen-bond donors (Lipinski definition) is 2. The van der Waals surface area contributed by atoms with Crippen molar-refractivity contribution in [2.24, 2.45) is 28.1 Å². The van der Waals surface area contributed by atoms with Gasteiger partial charge >= 0.3 is 0 Å². The van der Waals surface area contributed by atoms with E-state index in [1.54, 1.807) is 11.1 Å². The Morgan fingerprint density at radius 2 is 2.21 bits per heavy atom. The van der Waals surface area contributed by atoms with Crippen LogP contribution in [0.25, 0.3) is 0 Å². The van der Waals surface area contributed by atoms with Gasteiger partial charge in [-0.1, -0.05) is 31.9 Å². The summed E-state index contributed by atoms with van der Waals surface area (Å²) >= 11 is 4.76. The summed E-state index contributed by atoms with van der Waals surface area (Å²) in [7, 11) is 0. The van der Waals surface area contributed by atoms with Gasteiger partial charge in [0, 0.05) is 12.1 Å². The third kappa shape index (κ3) is 3.35. The van der Waals surface area contributed by atoms with Crippen molar-refractivity contribution in [2.75, 3.05) is 0 Å². The first-order chi connectivity index (χ1) is 8.90. The summed E-state index contributed by atoms with van der Waals surface area (Å²) in [5.74, 6) is 1.16. The van der Waals surface area contributed by atoms with Gasteiger partial charge in [-0.05, 0) is 55.7 Å². The van der Waals surface area contributed by atoms with Gasteiger partial charge in [0.1, 0.15) is 0 Å². The highest BCUT2D eigenvalue weighted by molar-refractivity contribution is 7.80. The molecule has 0 aromatic heterocycles. The first-order valence-electron chi connectivity index (χ1n) is 7.20. The molecule has 2 rings (SSSR count). The highest BCUT2D eigenvalue weighted by atomic mass is 32.1. The Bertz CT molecular complexity index is 423. The Morgan fingerprint density at radius 1 is 1.47 bits per heavy atom. The molecule has 0 saturated heterocycles. The monoisotopic (exact) mass is 279 g/mol. The molecule has 2 aliphatic rings. The maximum Gasteiger partial charge on any atom is 0.184 e. The van der Waals surface area contributed by atoms with Gasteiger partial charge in [0.15, 0.2) is 5.11 Å². The summed E-state index contributed by atoms with van der Waals surface area (Å²) < 4.78 is 0. The highest BCUT2D eigenvalue weighted by Gasteiger charge is 2.36. The standard InChI is InChI=1S/C15H25N3S/c1-10-7-11-5-4-6-15(2,3)13(11)8-12(10)9-17-18-14(16)19/h9-10,12H,4-8H2,1-3H3,(H3,16,18,19)/b17-9-/t10-,12-/m0/s1. The second-order valence-corrected chi connectivity index (χ2v) is 7.06. The molecule has 0 aromatic carbocycles. The van der Waals surface area contributed by atoms with Crippen molar-refractivity contribution in [2.45, 2.75) is 52.9 Å². The number of nitrogens with one attached hydrogen (secondary N) is 1. The summed E-state index contributed by atoms with van der Waals surface area (Å²) in [4.78, 5) is 0. The molecule has 0 saturated carbocycles. The van der Waals surface area contributed by atoms with E-state index in [-0.39, 0.29) is 5.11 Å². The van der Waals surface area contributed by atoms with E-state index in [0.717, 1.165) is 6.42 Å². The molecule has 2 aliphatic carbocycles. The Hall–Kier alpha value is -0.900. The van der Waals surface area contributed by atoms with Crippen molar-refractivity contribution >= 4 is 23.5 Å². The average molecular weight is 279 g/mol. The van der Waals surface area contributed by atoms with Crippen LogP contribution >= 0.6 is 12.2 Å². The van der Waals surface area contributed by atoms with E-state index in [1.807, 2.05) is 6.21 Å². The number of hydrogen-bond acceptors (Lipinski definition) is 2. The van der Waals surface area contributed by atoms with Gasteiger partial charge in [-0.2, -0.15) is 5.10 Å². The molecular weight excluding hydrogens is 254 g/mol. The van der Waals surface area contributed by atoms with E-state index in [2.05, 4.69) is 31.3 Å². The molecule has 0 spiro atoms. The fourth-order valence-corrected chi connectivity index (χ4v) is 3.60. The molecule has 0 aromatic rings. The lowest BCUT2D eigenvalue weighted by Crippen LogP contribution is -2.31. The van der Waals surface area contributed by atoms with Crippen LogP contribution < -0.4 is 11.2 Å². The molecule has 3 N–H and O–H groups in total. The van der Waals surface area contributed by atoms with Crippen LogP contribution in [0.5, 0.6) is 0 Å². The van der Waals surface area contributed by atoms with Crippen molar-refractivity contribution in [3.8, 4) is 0 Å². The van der Waals surface area contributed by atoms with E-state index < -0.39 is 0 Å². The first-order valence-corrected chi connectivity index (χ1v) is 7.61. The average Bonchev–Trinajstić information content (AvgIpc) is 2.29. The van der Waals surface area contributed by atoms with E-state index in [9.17, 15) is 0 Å². The van der Waals surface area contributed by atoms with Crippen LogP contribution in [-0.2, 0) is 0 Å². The fourth-order valence-electron chi connectivity index (χ4n) is 3.54. The zero-order valence-electron chi connectivity index (χ0n) is 12.2. The second-order valence-electron chi connectivity index (χ2n) is 6.62. The van der Waals surface area contributed by atoms with Crippen LogP contribution in [0.1, 0.15) is 52.9 Å². The number of hydrazone groups is 1. The van der Waals surface area contributed by atoms with Crippen LogP contribution in [0.3, 0.4) is 0 Å². The third-order valence-electron chi connectivity index (χ3n) is 4.70. The van der Waals surface area contributed by atoms with E-state index in [1.165, 1.54) is 25.7 Å². The third-order valence-corrected chi connectivity index (χ3v) is 4.80. The fraction of sp³-hybridized carbons (Fsp3) is 0.733.